The average Bonchev–Trinajstić information content (AvgIpc) is 2.74. The Labute approximate surface area is 135 Å². The number of carbonyl (C=O) groups excluding carboxylic acids is 2. The van der Waals surface area contributed by atoms with E-state index in [2.05, 4.69) is 10.6 Å². The van der Waals surface area contributed by atoms with Crippen LogP contribution in [0.5, 0.6) is 0 Å². The van der Waals surface area contributed by atoms with Crippen LogP contribution in [0, 0.1) is 0 Å². The van der Waals surface area contributed by atoms with Crippen molar-refractivity contribution in [2.24, 2.45) is 0 Å². The number of rotatable bonds is 0. The molecule has 0 spiro atoms. The highest BCUT2D eigenvalue weighted by Crippen LogP contribution is 2.11. The van der Waals surface area contributed by atoms with Crippen LogP contribution >= 0.6 is 0 Å². The van der Waals surface area contributed by atoms with E-state index in [-0.39, 0.29) is 11.8 Å². The van der Waals surface area contributed by atoms with E-state index in [1.165, 1.54) is 51.4 Å². The minimum absolute atomic E-state index is 0.225. The smallest absolute Gasteiger partial charge is 0.219 e. The summed E-state index contributed by atoms with van der Waals surface area (Å²) in [4.78, 5) is 21.8. The minimum Gasteiger partial charge on any atom is -0.356 e. The summed E-state index contributed by atoms with van der Waals surface area (Å²) < 4.78 is 0. The molecule has 22 heavy (non-hydrogen) atoms. The second-order valence-electron chi connectivity index (χ2n) is 6.44. The van der Waals surface area contributed by atoms with Gasteiger partial charge in [-0.2, -0.15) is 0 Å². The van der Waals surface area contributed by atoms with Crippen molar-refractivity contribution in [3.8, 4) is 0 Å². The molecule has 4 nitrogen and oxygen atoms in total. The molecule has 0 aromatic carbocycles. The highest BCUT2D eigenvalue weighted by Gasteiger charge is 2.03. The number of carbonyl (C=O) groups is 2. The quantitative estimate of drug-likeness (QED) is 0.717. The van der Waals surface area contributed by atoms with Crippen molar-refractivity contribution in [2.45, 2.75) is 89.9 Å². The van der Waals surface area contributed by atoms with E-state index in [1.807, 2.05) is 0 Å². The maximum absolute atomic E-state index is 11.3. The highest BCUT2D eigenvalue weighted by atomic mass is 16.2. The SMILES string of the molecule is O=C1CCCCCCCCCCCN1.O=C1CCCCCN1. The van der Waals surface area contributed by atoms with Gasteiger partial charge >= 0.3 is 0 Å². The van der Waals surface area contributed by atoms with Gasteiger partial charge in [0.25, 0.3) is 0 Å². The van der Waals surface area contributed by atoms with Gasteiger partial charge in [-0.15, -0.1) is 0 Å². The molecule has 2 aliphatic rings. The van der Waals surface area contributed by atoms with E-state index in [0.717, 1.165) is 51.6 Å². The molecule has 0 aromatic rings. The summed E-state index contributed by atoms with van der Waals surface area (Å²) >= 11 is 0. The van der Waals surface area contributed by atoms with Crippen LogP contribution in [0.15, 0.2) is 0 Å². The molecule has 4 heteroatoms. The lowest BCUT2D eigenvalue weighted by Gasteiger charge is -2.03. The summed E-state index contributed by atoms with van der Waals surface area (Å²) in [6.45, 7) is 1.78. The molecule has 0 saturated carbocycles. The van der Waals surface area contributed by atoms with Gasteiger partial charge < -0.3 is 10.6 Å². The van der Waals surface area contributed by atoms with Crippen molar-refractivity contribution < 1.29 is 9.59 Å². The van der Waals surface area contributed by atoms with Crippen LogP contribution in [0.2, 0.25) is 0 Å². The molecule has 2 amide bonds. The lowest BCUT2D eigenvalue weighted by molar-refractivity contribution is -0.121. The van der Waals surface area contributed by atoms with Crippen LogP contribution < -0.4 is 10.6 Å². The van der Waals surface area contributed by atoms with Crippen molar-refractivity contribution >= 4 is 11.8 Å². The van der Waals surface area contributed by atoms with Gasteiger partial charge in [-0.05, 0) is 25.7 Å². The molecule has 0 unspecified atom stereocenters. The molecule has 2 heterocycles. The summed E-state index contributed by atoms with van der Waals surface area (Å²) in [6.07, 6.45) is 16.4. The first-order valence-electron chi connectivity index (χ1n) is 9.32. The van der Waals surface area contributed by atoms with E-state index < -0.39 is 0 Å². The summed E-state index contributed by atoms with van der Waals surface area (Å²) in [6, 6.07) is 0. The zero-order valence-corrected chi connectivity index (χ0v) is 14.1. The third-order valence-electron chi connectivity index (χ3n) is 4.31. The van der Waals surface area contributed by atoms with Crippen molar-refractivity contribution in [2.75, 3.05) is 13.1 Å². The Morgan fingerprint density at radius 1 is 0.455 bits per heavy atom. The lowest BCUT2D eigenvalue weighted by atomic mass is 10.1. The summed E-state index contributed by atoms with van der Waals surface area (Å²) in [5.74, 6) is 0.478. The first-order chi connectivity index (χ1) is 10.8. The standard InChI is InChI=1S/C12H23NO.C6H11NO/c14-12-10-8-6-4-2-1-3-5-7-9-11-13-12;8-6-4-2-1-3-5-7-6/h1-11H2,(H,13,14);1-5H2,(H,7,8). The molecule has 2 saturated heterocycles. The summed E-state index contributed by atoms with van der Waals surface area (Å²) in [5.41, 5.74) is 0. The predicted molar refractivity (Wildman–Crippen MR) is 90.7 cm³/mol. The van der Waals surface area contributed by atoms with E-state index in [9.17, 15) is 9.59 Å². The largest absolute Gasteiger partial charge is 0.356 e. The van der Waals surface area contributed by atoms with Gasteiger partial charge in [0.05, 0.1) is 0 Å². The Hall–Kier alpha value is -1.06. The van der Waals surface area contributed by atoms with Gasteiger partial charge in [-0.25, -0.2) is 0 Å². The van der Waals surface area contributed by atoms with Crippen molar-refractivity contribution in [1.82, 2.24) is 10.6 Å². The first-order valence-corrected chi connectivity index (χ1v) is 9.32. The highest BCUT2D eigenvalue weighted by molar-refractivity contribution is 5.76. The monoisotopic (exact) mass is 310 g/mol. The van der Waals surface area contributed by atoms with E-state index in [1.54, 1.807) is 0 Å². The molecule has 0 radical (unpaired) electrons. The molecule has 0 aliphatic carbocycles. The summed E-state index contributed by atoms with van der Waals surface area (Å²) in [7, 11) is 0. The van der Waals surface area contributed by atoms with Crippen LogP contribution in [-0.4, -0.2) is 24.9 Å². The van der Waals surface area contributed by atoms with Gasteiger partial charge in [0.1, 0.15) is 0 Å². The van der Waals surface area contributed by atoms with Crippen molar-refractivity contribution in [1.29, 1.82) is 0 Å². The molecular formula is C18H34N2O2. The van der Waals surface area contributed by atoms with Gasteiger partial charge in [0.2, 0.25) is 11.8 Å². The van der Waals surface area contributed by atoms with Crippen molar-refractivity contribution in [3.63, 3.8) is 0 Å². The second-order valence-corrected chi connectivity index (χ2v) is 6.44. The molecule has 0 aromatic heterocycles. The lowest BCUT2D eigenvalue weighted by Crippen LogP contribution is -2.23. The number of hydrogen-bond acceptors (Lipinski definition) is 2. The molecule has 0 bridgehead atoms. The normalized spacial score (nSPS) is 22.4. The van der Waals surface area contributed by atoms with Gasteiger partial charge in [0, 0.05) is 25.9 Å². The molecule has 2 fully saturated rings. The minimum atomic E-state index is 0.225. The molecule has 0 atom stereocenters. The van der Waals surface area contributed by atoms with E-state index >= 15 is 0 Å². The van der Waals surface area contributed by atoms with Crippen LogP contribution in [0.3, 0.4) is 0 Å². The van der Waals surface area contributed by atoms with E-state index in [0.29, 0.717) is 0 Å². The van der Waals surface area contributed by atoms with Crippen LogP contribution in [0.25, 0.3) is 0 Å². The van der Waals surface area contributed by atoms with Crippen molar-refractivity contribution in [3.05, 3.63) is 0 Å². The zero-order valence-electron chi connectivity index (χ0n) is 14.1. The topological polar surface area (TPSA) is 58.2 Å². The molecule has 2 aliphatic heterocycles. The van der Waals surface area contributed by atoms with E-state index in [4.69, 9.17) is 0 Å². The third-order valence-corrected chi connectivity index (χ3v) is 4.31. The fourth-order valence-electron chi connectivity index (χ4n) is 2.87. The Balaban J connectivity index is 0.000000255. The second kappa shape index (κ2) is 13.6. The third kappa shape index (κ3) is 11.6. The average molecular weight is 310 g/mol. The Morgan fingerprint density at radius 3 is 1.23 bits per heavy atom. The Morgan fingerprint density at radius 2 is 0.773 bits per heavy atom. The maximum Gasteiger partial charge on any atom is 0.219 e. The number of nitrogens with one attached hydrogen (secondary N) is 2. The molecule has 2 rings (SSSR count). The van der Waals surface area contributed by atoms with Crippen LogP contribution in [0.1, 0.15) is 89.9 Å². The van der Waals surface area contributed by atoms with Gasteiger partial charge in [0.15, 0.2) is 0 Å². The van der Waals surface area contributed by atoms with Gasteiger partial charge in [-0.3, -0.25) is 9.59 Å². The van der Waals surface area contributed by atoms with Crippen LogP contribution in [-0.2, 0) is 9.59 Å². The number of amides is 2. The predicted octanol–water partition coefficient (Wildman–Crippen LogP) is 3.69. The molecule has 128 valence electrons. The molecule has 2 N–H and O–H groups in total. The fourth-order valence-corrected chi connectivity index (χ4v) is 2.87. The van der Waals surface area contributed by atoms with Crippen LogP contribution in [0.4, 0.5) is 0 Å². The zero-order chi connectivity index (χ0) is 15.9. The molecular weight excluding hydrogens is 276 g/mol. The maximum atomic E-state index is 11.3. The first kappa shape index (κ1) is 19.0. The number of hydrogen-bond donors (Lipinski definition) is 2. The Bertz CT molecular complexity index is 279. The summed E-state index contributed by atoms with van der Waals surface area (Å²) in [5, 5.41) is 5.79. The fraction of sp³-hybridized carbons (Fsp3) is 0.889. The van der Waals surface area contributed by atoms with Gasteiger partial charge in [-0.1, -0.05) is 51.4 Å². The Kier molecular flexibility index (Phi) is 11.7.